The Bertz CT molecular complexity index is 816. The van der Waals surface area contributed by atoms with Crippen molar-refractivity contribution >= 4 is 12.1 Å². The Morgan fingerprint density at radius 3 is 2.61 bits per heavy atom. The van der Waals surface area contributed by atoms with Crippen molar-refractivity contribution in [3.63, 3.8) is 0 Å². The monoisotopic (exact) mass is 433 g/mol. The predicted octanol–water partition coefficient (Wildman–Crippen LogP) is 4.35. The van der Waals surface area contributed by atoms with E-state index in [-0.39, 0.29) is 18.1 Å². The van der Waals surface area contributed by atoms with Gasteiger partial charge in [0.1, 0.15) is 17.2 Å². The van der Waals surface area contributed by atoms with Crippen LogP contribution < -0.4 is 4.74 Å². The molecule has 31 heavy (non-hydrogen) atoms. The van der Waals surface area contributed by atoms with Crippen molar-refractivity contribution in [1.82, 2.24) is 4.90 Å². The Hall–Kier alpha value is -2.31. The first-order valence-corrected chi connectivity index (χ1v) is 11.3. The average molecular weight is 434 g/mol. The molecule has 2 saturated carbocycles. The van der Waals surface area contributed by atoms with E-state index in [2.05, 4.69) is 4.74 Å². The zero-order valence-electron chi connectivity index (χ0n) is 18.4. The number of esters is 1. The number of halogens is 1. The lowest BCUT2D eigenvalue weighted by atomic mass is 9.91. The molecule has 6 nitrogen and oxygen atoms in total. The molecule has 0 aromatic heterocycles. The minimum Gasteiger partial charge on any atom is -0.493 e. The standard InChI is InChI=1S/C24H32FNO5/c1-24(8-9-24)31-23(28)26-10-5-16(6-11-26)20-13-17(20)7-12-30-19-4-3-18(21(25)15-19)14-22(27)29-2/h3-4,15-17,20H,5-14H2,1-2H3/t17-,20-/m1/s1. The van der Waals surface area contributed by atoms with Crippen molar-refractivity contribution in [3.8, 4) is 5.75 Å². The Morgan fingerprint density at radius 2 is 1.97 bits per heavy atom. The summed E-state index contributed by atoms with van der Waals surface area (Å²) in [5.41, 5.74) is 0.100. The maximum absolute atomic E-state index is 14.1. The van der Waals surface area contributed by atoms with Crippen molar-refractivity contribution in [2.24, 2.45) is 17.8 Å². The van der Waals surface area contributed by atoms with Gasteiger partial charge in [-0.2, -0.15) is 0 Å². The summed E-state index contributed by atoms with van der Waals surface area (Å²) in [5, 5.41) is 0. The van der Waals surface area contributed by atoms with E-state index in [1.165, 1.54) is 19.6 Å². The average Bonchev–Trinajstić information content (AvgIpc) is 3.68. The molecule has 170 valence electrons. The molecule has 0 unspecified atom stereocenters. The number of benzene rings is 1. The number of likely N-dealkylation sites (tertiary alicyclic amines) is 1. The minimum absolute atomic E-state index is 0.0811. The summed E-state index contributed by atoms with van der Waals surface area (Å²) in [4.78, 5) is 25.4. The maximum atomic E-state index is 14.1. The van der Waals surface area contributed by atoms with Crippen LogP contribution in [0.2, 0.25) is 0 Å². The Balaban J connectivity index is 1.14. The highest BCUT2D eigenvalue weighted by atomic mass is 19.1. The molecule has 3 fully saturated rings. The number of rotatable bonds is 8. The molecule has 2 aliphatic carbocycles. The van der Waals surface area contributed by atoms with Crippen molar-refractivity contribution in [2.45, 2.75) is 57.5 Å². The molecular formula is C24H32FNO5. The zero-order valence-corrected chi connectivity index (χ0v) is 18.4. The molecule has 1 aromatic carbocycles. The summed E-state index contributed by atoms with van der Waals surface area (Å²) in [6, 6.07) is 4.60. The number of carbonyl (C=O) groups excluding carboxylic acids is 2. The van der Waals surface area contributed by atoms with Gasteiger partial charge < -0.3 is 19.1 Å². The molecule has 3 aliphatic rings. The van der Waals surface area contributed by atoms with Crippen LogP contribution in [0.25, 0.3) is 0 Å². The summed E-state index contributed by atoms with van der Waals surface area (Å²) in [5.74, 6) is 1.60. The first-order valence-electron chi connectivity index (χ1n) is 11.3. The first-order chi connectivity index (χ1) is 14.9. The molecule has 0 N–H and O–H groups in total. The largest absolute Gasteiger partial charge is 0.493 e. The van der Waals surface area contributed by atoms with E-state index in [0.717, 1.165) is 45.2 Å². The lowest BCUT2D eigenvalue weighted by molar-refractivity contribution is -0.139. The number of ether oxygens (including phenoxy) is 3. The highest BCUT2D eigenvalue weighted by Crippen LogP contribution is 2.50. The van der Waals surface area contributed by atoms with E-state index in [9.17, 15) is 14.0 Å². The number of amides is 1. The van der Waals surface area contributed by atoms with Gasteiger partial charge in [0.25, 0.3) is 0 Å². The summed E-state index contributed by atoms with van der Waals surface area (Å²) in [6.07, 6.45) is 5.98. The first kappa shape index (κ1) is 21.9. The van der Waals surface area contributed by atoms with Crippen LogP contribution in [-0.2, 0) is 20.7 Å². The van der Waals surface area contributed by atoms with Crippen LogP contribution in [0.1, 0.15) is 51.0 Å². The molecule has 4 rings (SSSR count). The quantitative estimate of drug-likeness (QED) is 0.571. The molecule has 1 aromatic rings. The van der Waals surface area contributed by atoms with Crippen LogP contribution in [0.5, 0.6) is 5.75 Å². The van der Waals surface area contributed by atoms with Crippen molar-refractivity contribution in [1.29, 1.82) is 0 Å². The highest BCUT2D eigenvalue weighted by Gasteiger charge is 2.45. The van der Waals surface area contributed by atoms with E-state index in [1.54, 1.807) is 12.1 Å². The van der Waals surface area contributed by atoms with Crippen LogP contribution in [0.15, 0.2) is 18.2 Å². The van der Waals surface area contributed by atoms with Gasteiger partial charge in [-0.05, 0) is 74.8 Å². The molecule has 1 amide bonds. The molecule has 0 radical (unpaired) electrons. The molecular weight excluding hydrogens is 401 g/mol. The Kier molecular flexibility index (Phi) is 6.39. The fourth-order valence-corrected chi connectivity index (χ4v) is 4.56. The summed E-state index contributed by atoms with van der Waals surface area (Å²) >= 11 is 0. The van der Waals surface area contributed by atoms with Gasteiger partial charge in [0.2, 0.25) is 0 Å². The van der Waals surface area contributed by atoms with Crippen LogP contribution in [-0.4, -0.2) is 49.4 Å². The highest BCUT2D eigenvalue weighted by molar-refractivity contribution is 5.72. The number of hydrogen-bond acceptors (Lipinski definition) is 5. The fourth-order valence-electron chi connectivity index (χ4n) is 4.56. The Morgan fingerprint density at radius 1 is 1.23 bits per heavy atom. The molecule has 1 aliphatic heterocycles. The minimum atomic E-state index is -0.465. The van der Waals surface area contributed by atoms with E-state index < -0.39 is 11.8 Å². The van der Waals surface area contributed by atoms with Gasteiger partial charge in [0.15, 0.2) is 0 Å². The van der Waals surface area contributed by atoms with E-state index in [0.29, 0.717) is 35.7 Å². The third kappa shape index (κ3) is 5.69. The van der Waals surface area contributed by atoms with Crippen LogP contribution in [0.4, 0.5) is 9.18 Å². The second kappa shape index (κ2) is 9.05. The smallest absolute Gasteiger partial charge is 0.410 e. The van der Waals surface area contributed by atoms with Crippen molar-refractivity contribution in [3.05, 3.63) is 29.6 Å². The molecule has 2 atom stereocenters. The van der Waals surface area contributed by atoms with Crippen molar-refractivity contribution in [2.75, 3.05) is 26.8 Å². The van der Waals surface area contributed by atoms with Crippen LogP contribution in [0.3, 0.4) is 0 Å². The van der Waals surface area contributed by atoms with Gasteiger partial charge in [0, 0.05) is 19.2 Å². The molecule has 0 bridgehead atoms. The van der Waals surface area contributed by atoms with Crippen LogP contribution >= 0.6 is 0 Å². The number of nitrogens with zero attached hydrogens (tertiary/aromatic N) is 1. The summed E-state index contributed by atoms with van der Waals surface area (Å²) < 4.78 is 30.0. The van der Waals surface area contributed by atoms with Gasteiger partial charge >= 0.3 is 12.1 Å². The number of piperidine rings is 1. The van der Waals surface area contributed by atoms with Gasteiger partial charge in [-0.15, -0.1) is 0 Å². The van der Waals surface area contributed by atoms with Gasteiger partial charge in [-0.25, -0.2) is 9.18 Å². The maximum Gasteiger partial charge on any atom is 0.410 e. The normalized spacial score (nSPS) is 24.4. The lowest BCUT2D eigenvalue weighted by Crippen LogP contribution is -2.40. The predicted molar refractivity (Wildman–Crippen MR) is 112 cm³/mol. The van der Waals surface area contributed by atoms with Gasteiger partial charge in [-0.3, -0.25) is 4.79 Å². The van der Waals surface area contributed by atoms with E-state index in [1.807, 2.05) is 11.8 Å². The SMILES string of the molecule is COC(=O)Cc1ccc(OCC[C@@H]2C[C@@H]2C2CCN(C(=O)OC3(C)CC3)CC2)cc1F. The zero-order chi connectivity index (χ0) is 22.0. The number of hydrogen-bond donors (Lipinski definition) is 0. The Labute approximate surface area is 183 Å². The summed E-state index contributed by atoms with van der Waals surface area (Å²) in [7, 11) is 1.29. The topological polar surface area (TPSA) is 65.1 Å². The van der Waals surface area contributed by atoms with Gasteiger partial charge in [0.05, 0.1) is 20.1 Å². The third-order valence-corrected chi connectivity index (χ3v) is 7.01. The number of carbonyl (C=O) groups is 2. The second-order valence-corrected chi connectivity index (χ2v) is 9.45. The molecule has 7 heteroatoms. The second-order valence-electron chi connectivity index (χ2n) is 9.45. The van der Waals surface area contributed by atoms with E-state index >= 15 is 0 Å². The van der Waals surface area contributed by atoms with E-state index in [4.69, 9.17) is 9.47 Å². The summed E-state index contributed by atoms with van der Waals surface area (Å²) in [6.45, 7) is 4.13. The molecule has 1 heterocycles. The third-order valence-electron chi connectivity index (χ3n) is 7.01. The fraction of sp³-hybridized carbons (Fsp3) is 0.667. The van der Waals surface area contributed by atoms with Crippen LogP contribution in [0, 0.1) is 23.6 Å². The van der Waals surface area contributed by atoms with Gasteiger partial charge in [-0.1, -0.05) is 6.07 Å². The lowest BCUT2D eigenvalue weighted by Gasteiger charge is -2.32. The number of methoxy groups -OCH3 is 1. The van der Waals surface area contributed by atoms with Crippen molar-refractivity contribution < 1.29 is 28.2 Å². The molecule has 1 saturated heterocycles. The molecule has 0 spiro atoms.